The van der Waals surface area contributed by atoms with E-state index in [9.17, 15) is 4.79 Å². The van der Waals surface area contributed by atoms with Gasteiger partial charge >= 0.3 is 0 Å². The molecule has 0 aliphatic heterocycles. The van der Waals surface area contributed by atoms with E-state index in [2.05, 4.69) is 25.5 Å². The molecule has 0 unspecified atom stereocenters. The number of amides is 1. The molecule has 0 bridgehead atoms. The van der Waals surface area contributed by atoms with E-state index in [0.717, 1.165) is 23.7 Å². The quantitative estimate of drug-likeness (QED) is 0.418. The molecule has 0 saturated heterocycles. The van der Waals surface area contributed by atoms with Crippen LogP contribution < -0.4 is 10.1 Å². The van der Waals surface area contributed by atoms with Gasteiger partial charge in [-0.05, 0) is 56.2 Å². The second-order valence-corrected chi connectivity index (χ2v) is 9.35. The Kier molecular flexibility index (Phi) is 6.06. The van der Waals surface area contributed by atoms with Gasteiger partial charge in [-0.2, -0.15) is 0 Å². The van der Waals surface area contributed by atoms with Crippen LogP contribution in [0.1, 0.15) is 42.0 Å². The molecule has 8 nitrogen and oxygen atoms in total. The monoisotopic (exact) mass is 480 g/mol. The third-order valence-electron chi connectivity index (χ3n) is 5.48. The Morgan fingerprint density at radius 2 is 2.06 bits per heavy atom. The molecular formula is C23H21ClN6O2S. The Bertz CT molecular complexity index is 1250. The smallest absolute Gasteiger partial charge is 0.270 e. The molecule has 0 radical (unpaired) electrons. The summed E-state index contributed by atoms with van der Waals surface area (Å²) < 4.78 is 8.20. The Balaban J connectivity index is 1.38. The van der Waals surface area contributed by atoms with Gasteiger partial charge in [0.15, 0.2) is 5.82 Å². The average molecular weight is 481 g/mol. The van der Waals surface area contributed by atoms with Gasteiger partial charge in [-0.15, -0.1) is 21.5 Å². The number of thiophene rings is 1. The van der Waals surface area contributed by atoms with Gasteiger partial charge in [0.25, 0.3) is 5.91 Å². The highest BCUT2D eigenvalue weighted by atomic mass is 35.5. The Morgan fingerprint density at radius 1 is 1.18 bits per heavy atom. The Hall–Kier alpha value is -3.30. The minimum atomic E-state index is -0.162. The summed E-state index contributed by atoms with van der Waals surface area (Å²) in [5, 5.41) is 12.9. The molecule has 1 fully saturated rings. The van der Waals surface area contributed by atoms with Gasteiger partial charge in [-0.25, -0.2) is 4.98 Å². The third-order valence-corrected chi connectivity index (χ3v) is 6.70. The van der Waals surface area contributed by atoms with Crippen molar-refractivity contribution in [3.05, 3.63) is 70.7 Å². The van der Waals surface area contributed by atoms with Crippen molar-refractivity contribution in [2.75, 3.05) is 6.61 Å². The van der Waals surface area contributed by atoms with E-state index >= 15 is 0 Å². The molecule has 0 atom stereocenters. The molecule has 4 heterocycles. The molecule has 10 heteroatoms. The molecule has 4 aromatic heterocycles. The summed E-state index contributed by atoms with van der Waals surface area (Å²) in [4.78, 5) is 21.0. The lowest BCUT2D eigenvalue weighted by molar-refractivity contribution is 0.0902. The van der Waals surface area contributed by atoms with Crippen molar-refractivity contribution in [2.45, 2.75) is 31.7 Å². The highest BCUT2D eigenvalue weighted by Gasteiger charge is 2.36. The summed E-state index contributed by atoms with van der Waals surface area (Å²) in [6.07, 6.45) is 4.84. The van der Waals surface area contributed by atoms with Crippen molar-refractivity contribution in [1.29, 1.82) is 0 Å². The molecule has 1 aliphatic rings. The number of halogens is 1. The van der Waals surface area contributed by atoms with Crippen molar-refractivity contribution in [1.82, 2.24) is 30.0 Å². The number of rotatable bonds is 7. The molecule has 4 aromatic rings. The van der Waals surface area contributed by atoms with Crippen LogP contribution in [0.2, 0.25) is 4.34 Å². The standard InChI is InChI=1S/C23H21ClN6O2S/c1-2-32-16-6-7-17(26-13-16)22-29-28-21(30(22)20-9-8-19(24)33-20)14-11-15(12-14)27-23(31)18-5-3-4-10-25-18/h3-10,13-15H,2,11-12H2,1H3,(H,27,31)/t14-,15-. The van der Waals surface area contributed by atoms with Crippen LogP contribution in [0.3, 0.4) is 0 Å². The van der Waals surface area contributed by atoms with E-state index in [1.165, 1.54) is 11.3 Å². The fourth-order valence-corrected chi connectivity index (χ4v) is 4.88. The summed E-state index contributed by atoms with van der Waals surface area (Å²) >= 11 is 7.69. The maximum atomic E-state index is 12.4. The molecule has 1 N–H and O–H groups in total. The van der Waals surface area contributed by atoms with Gasteiger partial charge in [-0.3, -0.25) is 14.3 Å². The first-order valence-corrected chi connectivity index (χ1v) is 11.8. The SMILES string of the molecule is CCOc1ccc(-c2nnc([C@H]3C[C@H](NC(=O)c4ccccn4)C3)n2-c2ccc(Cl)s2)nc1. The molecule has 33 heavy (non-hydrogen) atoms. The van der Waals surface area contributed by atoms with Crippen LogP contribution in [0, 0.1) is 0 Å². The largest absolute Gasteiger partial charge is 0.492 e. The molecular weight excluding hydrogens is 460 g/mol. The summed E-state index contributed by atoms with van der Waals surface area (Å²) in [6, 6.07) is 12.9. The van der Waals surface area contributed by atoms with Gasteiger partial charge in [0.1, 0.15) is 28.0 Å². The lowest BCUT2D eigenvalue weighted by atomic mass is 9.79. The highest BCUT2D eigenvalue weighted by Crippen LogP contribution is 2.40. The Labute approximate surface area is 199 Å². The number of carbonyl (C=O) groups is 1. The average Bonchev–Trinajstić information content (AvgIpc) is 3.43. The first-order chi connectivity index (χ1) is 16.1. The van der Waals surface area contributed by atoms with Crippen molar-refractivity contribution >= 4 is 28.8 Å². The predicted octanol–water partition coefficient (Wildman–Crippen LogP) is 4.51. The first kappa shape index (κ1) is 21.5. The number of hydrogen-bond donors (Lipinski definition) is 1. The molecule has 0 spiro atoms. The van der Waals surface area contributed by atoms with E-state index in [1.807, 2.05) is 35.8 Å². The maximum absolute atomic E-state index is 12.4. The van der Waals surface area contributed by atoms with E-state index in [-0.39, 0.29) is 17.9 Å². The van der Waals surface area contributed by atoms with E-state index < -0.39 is 0 Å². The van der Waals surface area contributed by atoms with Crippen molar-refractivity contribution in [2.24, 2.45) is 0 Å². The number of aromatic nitrogens is 5. The molecule has 1 saturated carbocycles. The maximum Gasteiger partial charge on any atom is 0.270 e. The van der Waals surface area contributed by atoms with Crippen molar-refractivity contribution in [3.8, 4) is 22.3 Å². The summed E-state index contributed by atoms with van der Waals surface area (Å²) in [5.74, 6) is 2.18. The second kappa shape index (κ2) is 9.29. The number of ether oxygens (including phenoxy) is 1. The van der Waals surface area contributed by atoms with Gasteiger partial charge in [0.2, 0.25) is 0 Å². The van der Waals surface area contributed by atoms with E-state index in [1.54, 1.807) is 30.6 Å². The van der Waals surface area contributed by atoms with Gasteiger partial charge in [0, 0.05) is 18.2 Å². The summed E-state index contributed by atoms with van der Waals surface area (Å²) in [5.41, 5.74) is 1.11. The Morgan fingerprint density at radius 3 is 2.73 bits per heavy atom. The lowest BCUT2D eigenvalue weighted by Gasteiger charge is -2.35. The van der Waals surface area contributed by atoms with Crippen LogP contribution in [0.25, 0.3) is 16.5 Å². The normalized spacial score (nSPS) is 17.4. The lowest BCUT2D eigenvalue weighted by Crippen LogP contribution is -2.44. The van der Waals surface area contributed by atoms with Gasteiger partial charge in [-0.1, -0.05) is 17.7 Å². The molecule has 0 aromatic carbocycles. The summed E-state index contributed by atoms with van der Waals surface area (Å²) in [6.45, 7) is 2.51. The van der Waals surface area contributed by atoms with Gasteiger partial charge < -0.3 is 10.1 Å². The molecule has 168 valence electrons. The van der Waals surface area contributed by atoms with Crippen LogP contribution in [0.15, 0.2) is 54.9 Å². The highest BCUT2D eigenvalue weighted by molar-refractivity contribution is 7.18. The zero-order valence-corrected chi connectivity index (χ0v) is 19.4. The number of pyridine rings is 2. The zero-order valence-electron chi connectivity index (χ0n) is 17.8. The van der Waals surface area contributed by atoms with Crippen LogP contribution in [0.5, 0.6) is 5.75 Å². The predicted molar refractivity (Wildman–Crippen MR) is 126 cm³/mol. The zero-order chi connectivity index (χ0) is 22.8. The number of nitrogens with zero attached hydrogens (tertiary/aromatic N) is 5. The van der Waals surface area contributed by atoms with E-state index in [4.69, 9.17) is 16.3 Å². The minimum absolute atomic E-state index is 0.0635. The number of hydrogen-bond acceptors (Lipinski definition) is 7. The molecule has 1 amide bonds. The van der Waals surface area contributed by atoms with Crippen molar-refractivity contribution in [3.63, 3.8) is 0 Å². The van der Waals surface area contributed by atoms with Crippen LogP contribution >= 0.6 is 22.9 Å². The van der Waals surface area contributed by atoms with Crippen LogP contribution in [-0.2, 0) is 0 Å². The van der Waals surface area contributed by atoms with Crippen LogP contribution in [0.4, 0.5) is 0 Å². The molecule has 5 rings (SSSR count). The number of carbonyl (C=O) groups excluding carboxylic acids is 1. The minimum Gasteiger partial charge on any atom is -0.492 e. The third kappa shape index (κ3) is 4.46. The fraction of sp³-hybridized carbons (Fsp3) is 0.261. The van der Waals surface area contributed by atoms with E-state index in [0.29, 0.717) is 33.9 Å². The summed E-state index contributed by atoms with van der Waals surface area (Å²) in [7, 11) is 0. The molecule has 1 aliphatic carbocycles. The number of nitrogens with one attached hydrogen (secondary N) is 1. The first-order valence-electron chi connectivity index (χ1n) is 10.6. The fourth-order valence-electron chi connectivity index (χ4n) is 3.84. The van der Waals surface area contributed by atoms with Crippen LogP contribution in [-0.4, -0.2) is 43.3 Å². The van der Waals surface area contributed by atoms with Crippen molar-refractivity contribution < 1.29 is 9.53 Å². The second-order valence-electron chi connectivity index (χ2n) is 7.66. The van der Waals surface area contributed by atoms with Gasteiger partial charge in [0.05, 0.1) is 17.1 Å². The topological polar surface area (TPSA) is 94.8 Å².